The summed E-state index contributed by atoms with van der Waals surface area (Å²) >= 11 is 0. The number of rotatable bonds is 7. The summed E-state index contributed by atoms with van der Waals surface area (Å²) in [6.07, 6.45) is 5.76. The quantitative estimate of drug-likeness (QED) is 0.671. The van der Waals surface area contributed by atoms with Gasteiger partial charge < -0.3 is 19.4 Å². The standard InChI is InChI=1S/C20H25N5O2/c1-14(13-25-6-5-22-15(25)2)10-21-11-17-12-23-24-20(17)16-3-4-18-19(9-16)27-8-7-26-18/h3-6,9,12,14,21H,7-8,10-11,13H2,1-2H3,(H,23,24). The lowest BCUT2D eigenvalue weighted by Gasteiger charge is -2.19. The molecule has 27 heavy (non-hydrogen) atoms. The van der Waals surface area contributed by atoms with Crippen LogP contribution in [0.1, 0.15) is 18.3 Å². The minimum Gasteiger partial charge on any atom is -0.486 e. The number of benzene rings is 1. The average molecular weight is 367 g/mol. The van der Waals surface area contributed by atoms with Crippen molar-refractivity contribution in [3.63, 3.8) is 0 Å². The molecule has 3 heterocycles. The Morgan fingerprint density at radius 3 is 2.93 bits per heavy atom. The molecule has 1 aliphatic rings. The second kappa shape index (κ2) is 7.84. The number of aryl methyl sites for hydroxylation is 1. The van der Waals surface area contributed by atoms with Crippen LogP contribution in [0.4, 0.5) is 0 Å². The van der Waals surface area contributed by atoms with E-state index in [4.69, 9.17) is 9.47 Å². The number of H-pyrrole nitrogens is 1. The number of hydrogen-bond donors (Lipinski definition) is 2. The maximum Gasteiger partial charge on any atom is 0.162 e. The smallest absolute Gasteiger partial charge is 0.162 e. The fourth-order valence-corrected chi connectivity index (χ4v) is 3.34. The predicted molar refractivity (Wildman–Crippen MR) is 103 cm³/mol. The van der Waals surface area contributed by atoms with Crippen LogP contribution in [0.3, 0.4) is 0 Å². The van der Waals surface area contributed by atoms with Crippen LogP contribution in [0.5, 0.6) is 11.5 Å². The van der Waals surface area contributed by atoms with E-state index in [1.165, 1.54) is 0 Å². The number of aromatic nitrogens is 4. The predicted octanol–water partition coefficient (Wildman–Crippen LogP) is 2.78. The van der Waals surface area contributed by atoms with Gasteiger partial charge in [-0.1, -0.05) is 6.92 Å². The Kier molecular flexibility index (Phi) is 5.11. The number of imidazole rings is 1. The highest BCUT2D eigenvalue weighted by molar-refractivity contribution is 5.66. The van der Waals surface area contributed by atoms with Crippen LogP contribution in [0.2, 0.25) is 0 Å². The number of hydrogen-bond acceptors (Lipinski definition) is 5. The fourth-order valence-electron chi connectivity index (χ4n) is 3.34. The van der Waals surface area contributed by atoms with Gasteiger partial charge in [-0.2, -0.15) is 5.10 Å². The van der Waals surface area contributed by atoms with E-state index in [1.54, 1.807) is 0 Å². The zero-order valence-corrected chi connectivity index (χ0v) is 15.7. The maximum absolute atomic E-state index is 5.69. The Bertz CT molecular complexity index is 901. The number of nitrogens with one attached hydrogen (secondary N) is 2. The van der Waals surface area contributed by atoms with Gasteiger partial charge in [-0.15, -0.1) is 0 Å². The molecule has 1 aliphatic heterocycles. The van der Waals surface area contributed by atoms with E-state index in [0.29, 0.717) is 19.1 Å². The van der Waals surface area contributed by atoms with Gasteiger partial charge in [0.2, 0.25) is 0 Å². The molecular weight excluding hydrogens is 342 g/mol. The Morgan fingerprint density at radius 2 is 2.11 bits per heavy atom. The molecule has 1 atom stereocenters. The molecule has 0 bridgehead atoms. The van der Waals surface area contributed by atoms with Crippen LogP contribution < -0.4 is 14.8 Å². The van der Waals surface area contributed by atoms with Crippen molar-refractivity contribution in [2.45, 2.75) is 26.9 Å². The van der Waals surface area contributed by atoms with Crippen molar-refractivity contribution in [1.29, 1.82) is 0 Å². The molecule has 0 saturated heterocycles. The van der Waals surface area contributed by atoms with Crippen molar-refractivity contribution < 1.29 is 9.47 Å². The van der Waals surface area contributed by atoms with Crippen molar-refractivity contribution >= 4 is 0 Å². The first-order chi connectivity index (χ1) is 13.2. The van der Waals surface area contributed by atoms with Crippen LogP contribution in [-0.2, 0) is 13.1 Å². The molecule has 4 rings (SSSR count). The summed E-state index contributed by atoms with van der Waals surface area (Å²) in [5, 5.41) is 10.9. The lowest BCUT2D eigenvalue weighted by Crippen LogP contribution is -2.24. The summed E-state index contributed by atoms with van der Waals surface area (Å²) in [4.78, 5) is 4.28. The maximum atomic E-state index is 5.69. The topological polar surface area (TPSA) is 77.0 Å². The second-order valence-corrected chi connectivity index (χ2v) is 6.99. The van der Waals surface area contributed by atoms with E-state index in [0.717, 1.165) is 53.8 Å². The van der Waals surface area contributed by atoms with Gasteiger partial charge >= 0.3 is 0 Å². The zero-order chi connectivity index (χ0) is 18.6. The van der Waals surface area contributed by atoms with Gasteiger partial charge in [-0.05, 0) is 37.6 Å². The van der Waals surface area contributed by atoms with Crippen molar-refractivity contribution in [1.82, 2.24) is 25.1 Å². The first-order valence-corrected chi connectivity index (χ1v) is 9.31. The summed E-state index contributed by atoms with van der Waals surface area (Å²) in [5.74, 6) is 3.14. The van der Waals surface area contributed by atoms with Gasteiger partial charge in [0.05, 0.1) is 11.9 Å². The third kappa shape index (κ3) is 3.98. The Labute approximate surface area is 158 Å². The molecule has 1 aromatic carbocycles. The SMILES string of the molecule is Cc1nccn1CC(C)CNCc1cn[nH]c1-c1ccc2c(c1)OCCO2. The molecule has 7 nitrogen and oxygen atoms in total. The van der Waals surface area contributed by atoms with Crippen molar-refractivity contribution in [2.24, 2.45) is 5.92 Å². The molecular formula is C20H25N5O2. The lowest BCUT2D eigenvalue weighted by atomic mass is 10.1. The molecule has 1 unspecified atom stereocenters. The van der Waals surface area contributed by atoms with E-state index in [-0.39, 0.29) is 0 Å². The van der Waals surface area contributed by atoms with Crippen LogP contribution in [0.25, 0.3) is 11.3 Å². The summed E-state index contributed by atoms with van der Waals surface area (Å²) in [6.45, 7) is 8.09. The first-order valence-electron chi connectivity index (χ1n) is 9.31. The summed E-state index contributed by atoms with van der Waals surface area (Å²) in [6, 6.07) is 6.00. The molecule has 0 radical (unpaired) electrons. The minimum atomic E-state index is 0.502. The Balaban J connectivity index is 1.37. The van der Waals surface area contributed by atoms with Gasteiger partial charge in [0.25, 0.3) is 0 Å². The number of nitrogens with zero attached hydrogens (tertiary/aromatic N) is 3. The lowest BCUT2D eigenvalue weighted by molar-refractivity contribution is 0.171. The Morgan fingerprint density at radius 1 is 1.26 bits per heavy atom. The summed E-state index contributed by atoms with van der Waals surface area (Å²) in [7, 11) is 0. The molecule has 3 aromatic rings. The van der Waals surface area contributed by atoms with E-state index in [2.05, 4.69) is 32.0 Å². The molecule has 2 N–H and O–H groups in total. The van der Waals surface area contributed by atoms with Gasteiger partial charge in [0.1, 0.15) is 19.0 Å². The number of aromatic amines is 1. The highest BCUT2D eigenvalue weighted by Crippen LogP contribution is 2.34. The molecule has 2 aromatic heterocycles. The van der Waals surface area contributed by atoms with Crippen molar-refractivity contribution in [3.05, 3.63) is 48.2 Å². The van der Waals surface area contributed by atoms with Crippen LogP contribution in [-0.4, -0.2) is 39.5 Å². The summed E-state index contributed by atoms with van der Waals surface area (Å²) < 4.78 is 13.5. The second-order valence-electron chi connectivity index (χ2n) is 6.99. The van der Waals surface area contributed by atoms with E-state index in [1.807, 2.05) is 43.7 Å². The number of ether oxygens (including phenoxy) is 2. The van der Waals surface area contributed by atoms with Crippen LogP contribution in [0, 0.1) is 12.8 Å². The third-order valence-corrected chi connectivity index (χ3v) is 4.79. The molecule has 7 heteroatoms. The largest absolute Gasteiger partial charge is 0.486 e. The molecule has 0 amide bonds. The van der Waals surface area contributed by atoms with Gasteiger partial charge in [0, 0.05) is 36.6 Å². The van der Waals surface area contributed by atoms with Crippen molar-refractivity contribution in [2.75, 3.05) is 19.8 Å². The third-order valence-electron chi connectivity index (χ3n) is 4.79. The van der Waals surface area contributed by atoms with Gasteiger partial charge in [0.15, 0.2) is 11.5 Å². The molecule has 0 fully saturated rings. The monoisotopic (exact) mass is 367 g/mol. The average Bonchev–Trinajstić information content (AvgIpc) is 3.31. The van der Waals surface area contributed by atoms with Gasteiger partial charge in [-0.25, -0.2) is 4.98 Å². The minimum absolute atomic E-state index is 0.502. The van der Waals surface area contributed by atoms with Gasteiger partial charge in [-0.3, -0.25) is 5.10 Å². The van der Waals surface area contributed by atoms with Crippen molar-refractivity contribution in [3.8, 4) is 22.8 Å². The van der Waals surface area contributed by atoms with E-state index >= 15 is 0 Å². The Hall–Kier alpha value is -2.80. The highest BCUT2D eigenvalue weighted by atomic mass is 16.6. The van der Waals surface area contributed by atoms with Crippen LogP contribution in [0.15, 0.2) is 36.8 Å². The zero-order valence-electron chi connectivity index (χ0n) is 15.7. The van der Waals surface area contributed by atoms with E-state index in [9.17, 15) is 0 Å². The summed E-state index contributed by atoms with van der Waals surface area (Å²) in [5.41, 5.74) is 3.20. The first kappa shape index (κ1) is 17.6. The fraction of sp³-hybridized carbons (Fsp3) is 0.400. The normalized spacial score (nSPS) is 14.3. The molecule has 0 spiro atoms. The molecule has 142 valence electrons. The number of fused-ring (bicyclic) bond motifs is 1. The van der Waals surface area contributed by atoms with Crippen LogP contribution >= 0.6 is 0 Å². The highest BCUT2D eigenvalue weighted by Gasteiger charge is 2.15. The molecule has 0 aliphatic carbocycles. The van der Waals surface area contributed by atoms with E-state index < -0.39 is 0 Å². The molecule has 0 saturated carbocycles.